The maximum atomic E-state index is 12.3. The fourth-order valence-electron chi connectivity index (χ4n) is 2.29. The number of anilines is 1. The highest BCUT2D eigenvalue weighted by atomic mass is 32.2. The number of hydrogen-bond donors (Lipinski definition) is 3. The molecule has 128 valence electrons. The van der Waals surface area contributed by atoms with E-state index in [0.717, 1.165) is 5.56 Å². The molecule has 4 N–H and O–H groups in total. The molecule has 0 bridgehead atoms. The van der Waals surface area contributed by atoms with Crippen LogP contribution < -0.4 is 15.8 Å². The van der Waals surface area contributed by atoms with E-state index in [4.69, 9.17) is 5.14 Å². The Hall–Kier alpha value is -2.22. The van der Waals surface area contributed by atoms with Crippen LogP contribution in [0, 0.1) is 0 Å². The fourth-order valence-corrected chi connectivity index (χ4v) is 2.85. The van der Waals surface area contributed by atoms with E-state index in [1.807, 2.05) is 37.3 Å². The van der Waals surface area contributed by atoms with Gasteiger partial charge in [0.05, 0.1) is 10.9 Å². The van der Waals surface area contributed by atoms with Crippen molar-refractivity contribution in [1.29, 1.82) is 0 Å². The molecule has 0 radical (unpaired) electrons. The largest absolute Gasteiger partial charge is 0.325 e. The third-order valence-electron chi connectivity index (χ3n) is 3.62. The molecular weight excluding hydrogens is 326 g/mol. The molecule has 0 fully saturated rings. The summed E-state index contributed by atoms with van der Waals surface area (Å²) in [5, 5.41) is 11.0. The van der Waals surface area contributed by atoms with E-state index in [9.17, 15) is 13.2 Å². The van der Waals surface area contributed by atoms with Crippen LogP contribution in [-0.2, 0) is 14.8 Å². The van der Waals surface area contributed by atoms with E-state index in [2.05, 4.69) is 10.6 Å². The highest BCUT2D eigenvalue weighted by Crippen LogP contribution is 2.15. The van der Waals surface area contributed by atoms with Crippen LogP contribution >= 0.6 is 0 Å². The molecule has 0 saturated heterocycles. The average molecular weight is 347 g/mol. The molecule has 0 spiro atoms. The van der Waals surface area contributed by atoms with Gasteiger partial charge in [-0.1, -0.05) is 36.4 Å². The predicted molar refractivity (Wildman–Crippen MR) is 93.9 cm³/mol. The van der Waals surface area contributed by atoms with Crippen molar-refractivity contribution in [3.63, 3.8) is 0 Å². The lowest BCUT2D eigenvalue weighted by atomic mass is 10.1. The highest BCUT2D eigenvalue weighted by Gasteiger charge is 2.17. The van der Waals surface area contributed by atoms with Gasteiger partial charge in [-0.3, -0.25) is 10.1 Å². The summed E-state index contributed by atoms with van der Waals surface area (Å²) in [6.45, 7) is 3.72. The molecule has 2 aromatic carbocycles. The Morgan fingerprint density at radius 2 is 1.71 bits per heavy atom. The van der Waals surface area contributed by atoms with Crippen LogP contribution in [0.1, 0.15) is 25.5 Å². The standard InChI is InChI=1S/C17H21N3O3S/c1-12(14-7-4-3-5-8-14)19-13(2)17(21)20-15-9-6-10-16(11-15)24(18,22)23/h3-13,19H,1-2H3,(H,20,21)(H2,18,22,23)/t12-,13+/m0/s1. The number of rotatable bonds is 6. The van der Waals surface area contributed by atoms with Crippen LogP contribution in [-0.4, -0.2) is 20.4 Å². The summed E-state index contributed by atoms with van der Waals surface area (Å²) in [6, 6.07) is 15.2. The quantitative estimate of drug-likeness (QED) is 0.744. The Balaban J connectivity index is 2.02. The number of primary sulfonamides is 1. The molecule has 0 aliphatic carbocycles. The van der Waals surface area contributed by atoms with Gasteiger partial charge in [0.1, 0.15) is 0 Å². The van der Waals surface area contributed by atoms with Gasteiger partial charge in [0, 0.05) is 11.7 Å². The second-order valence-electron chi connectivity index (χ2n) is 5.58. The Morgan fingerprint density at radius 1 is 1.04 bits per heavy atom. The second-order valence-corrected chi connectivity index (χ2v) is 7.14. The number of nitrogens with two attached hydrogens (primary N) is 1. The van der Waals surface area contributed by atoms with Gasteiger partial charge in [0.15, 0.2) is 0 Å². The maximum Gasteiger partial charge on any atom is 0.241 e. The molecule has 24 heavy (non-hydrogen) atoms. The van der Waals surface area contributed by atoms with Crippen molar-refractivity contribution in [2.45, 2.75) is 30.8 Å². The number of sulfonamides is 1. The van der Waals surface area contributed by atoms with Gasteiger partial charge in [-0.2, -0.15) is 0 Å². The molecule has 0 aliphatic heterocycles. The summed E-state index contributed by atoms with van der Waals surface area (Å²) in [5.41, 5.74) is 1.46. The normalized spacial score (nSPS) is 14.0. The Morgan fingerprint density at radius 3 is 2.33 bits per heavy atom. The molecule has 0 heterocycles. The van der Waals surface area contributed by atoms with Gasteiger partial charge in [-0.25, -0.2) is 13.6 Å². The van der Waals surface area contributed by atoms with Crippen LogP contribution in [0.3, 0.4) is 0 Å². The SMILES string of the molecule is C[C@H](N[C@H](C)C(=O)Nc1cccc(S(N)(=O)=O)c1)c1ccccc1. The number of hydrogen-bond acceptors (Lipinski definition) is 4. The lowest BCUT2D eigenvalue weighted by Crippen LogP contribution is -2.39. The van der Waals surface area contributed by atoms with E-state index in [-0.39, 0.29) is 16.8 Å². The lowest BCUT2D eigenvalue weighted by Gasteiger charge is -2.20. The zero-order valence-corrected chi connectivity index (χ0v) is 14.4. The van der Waals surface area contributed by atoms with Crippen molar-refractivity contribution in [1.82, 2.24) is 5.32 Å². The molecule has 0 aromatic heterocycles. The smallest absolute Gasteiger partial charge is 0.241 e. The molecule has 1 amide bonds. The highest BCUT2D eigenvalue weighted by molar-refractivity contribution is 7.89. The van der Waals surface area contributed by atoms with Crippen LogP contribution in [0.2, 0.25) is 0 Å². The molecule has 2 atom stereocenters. The first-order chi connectivity index (χ1) is 11.3. The molecule has 6 nitrogen and oxygen atoms in total. The summed E-state index contributed by atoms with van der Waals surface area (Å²) in [7, 11) is -3.80. The van der Waals surface area contributed by atoms with Crippen LogP contribution in [0.15, 0.2) is 59.5 Å². The van der Waals surface area contributed by atoms with Crippen LogP contribution in [0.5, 0.6) is 0 Å². The van der Waals surface area contributed by atoms with Gasteiger partial charge in [-0.15, -0.1) is 0 Å². The maximum absolute atomic E-state index is 12.3. The molecule has 2 rings (SSSR count). The number of carbonyl (C=O) groups excluding carboxylic acids is 1. The fraction of sp³-hybridized carbons (Fsp3) is 0.235. The van der Waals surface area contributed by atoms with Crippen LogP contribution in [0.4, 0.5) is 5.69 Å². The van der Waals surface area contributed by atoms with Crippen molar-refractivity contribution in [3.8, 4) is 0 Å². The first kappa shape index (κ1) is 18.1. The van der Waals surface area contributed by atoms with Gasteiger partial charge < -0.3 is 5.32 Å². The summed E-state index contributed by atoms with van der Waals surface area (Å²) in [5.74, 6) is -0.260. The molecular formula is C17H21N3O3S. The van der Waals surface area contributed by atoms with E-state index in [0.29, 0.717) is 5.69 Å². The van der Waals surface area contributed by atoms with Gasteiger partial charge in [-0.05, 0) is 37.6 Å². The molecule has 0 saturated carbocycles. The topological polar surface area (TPSA) is 101 Å². The number of nitrogens with one attached hydrogen (secondary N) is 2. The molecule has 0 aliphatic rings. The molecule has 2 aromatic rings. The minimum atomic E-state index is -3.80. The van der Waals surface area contributed by atoms with Crippen molar-refractivity contribution >= 4 is 21.6 Å². The first-order valence-electron chi connectivity index (χ1n) is 7.52. The third kappa shape index (κ3) is 4.89. The number of benzene rings is 2. The van der Waals surface area contributed by atoms with Crippen LogP contribution in [0.25, 0.3) is 0 Å². The second kappa shape index (κ2) is 7.57. The molecule has 0 unspecified atom stereocenters. The van der Waals surface area contributed by atoms with Crippen molar-refractivity contribution < 1.29 is 13.2 Å². The molecule has 7 heteroatoms. The lowest BCUT2D eigenvalue weighted by molar-refractivity contribution is -0.117. The van der Waals surface area contributed by atoms with Crippen molar-refractivity contribution in [2.24, 2.45) is 5.14 Å². The average Bonchev–Trinajstić information content (AvgIpc) is 2.55. The summed E-state index contributed by atoms with van der Waals surface area (Å²) < 4.78 is 22.7. The zero-order chi connectivity index (χ0) is 17.7. The van der Waals surface area contributed by atoms with Gasteiger partial charge >= 0.3 is 0 Å². The van der Waals surface area contributed by atoms with E-state index in [1.54, 1.807) is 13.0 Å². The minimum absolute atomic E-state index is 0.00250. The number of amides is 1. The monoisotopic (exact) mass is 347 g/mol. The zero-order valence-electron chi connectivity index (χ0n) is 13.6. The third-order valence-corrected chi connectivity index (χ3v) is 4.53. The first-order valence-corrected chi connectivity index (χ1v) is 9.07. The van der Waals surface area contributed by atoms with Crippen molar-refractivity contribution in [3.05, 3.63) is 60.2 Å². The summed E-state index contributed by atoms with van der Waals surface area (Å²) in [4.78, 5) is 12.2. The van der Waals surface area contributed by atoms with Gasteiger partial charge in [0.25, 0.3) is 0 Å². The minimum Gasteiger partial charge on any atom is -0.325 e. The summed E-state index contributed by atoms with van der Waals surface area (Å²) >= 11 is 0. The van der Waals surface area contributed by atoms with Crippen molar-refractivity contribution in [2.75, 3.05) is 5.32 Å². The Kier molecular flexibility index (Phi) is 5.71. The Bertz CT molecular complexity index is 807. The summed E-state index contributed by atoms with van der Waals surface area (Å²) in [6.07, 6.45) is 0. The van der Waals surface area contributed by atoms with E-state index in [1.165, 1.54) is 18.2 Å². The van der Waals surface area contributed by atoms with Gasteiger partial charge in [0.2, 0.25) is 15.9 Å². The number of carbonyl (C=O) groups is 1. The predicted octanol–water partition coefficient (Wildman–Crippen LogP) is 2.01. The van der Waals surface area contributed by atoms with E-state index < -0.39 is 16.1 Å². The van der Waals surface area contributed by atoms with E-state index >= 15 is 0 Å². The Labute approximate surface area is 142 Å².